The SMILES string of the molecule is C[C@@H]1CN([C@@H](C)CO)C(=O)c2cc(-c3ccc(F)cc3)cnc2O[C@@H]1CN(C)CC1CCCCC1. The number of halogens is 1. The van der Waals surface area contributed by atoms with E-state index in [4.69, 9.17) is 4.74 Å². The van der Waals surface area contributed by atoms with E-state index in [1.54, 1.807) is 29.3 Å². The monoisotopic (exact) mass is 483 g/mol. The number of hydrogen-bond donors (Lipinski definition) is 1. The lowest BCUT2D eigenvalue weighted by Gasteiger charge is -2.38. The molecule has 6 nitrogen and oxygen atoms in total. The molecule has 2 heterocycles. The van der Waals surface area contributed by atoms with Crippen LogP contribution >= 0.6 is 0 Å². The van der Waals surface area contributed by atoms with E-state index in [0.29, 0.717) is 18.0 Å². The highest BCUT2D eigenvalue weighted by Crippen LogP contribution is 2.31. The summed E-state index contributed by atoms with van der Waals surface area (Å²) in [7, 11) is 2.15. The van der Waals surface area contributed by atoms with E-state index in [0.717, 1.165) is 30.1 Å². The van der Waals surface area contributed by atoms with Crippen molar-refractivity contribution in [3.63, 3.8) is 0 Å². The van der Waals surface area contributed by atoms with Gasteiger partial charge in [-0.3, -0.25) is 4.79 Å². The van der Waals surface area contributed by atoms with Crippen molar-refractivity contribution in [1.82, 2.24) is 14.8 Å². The molecule has 0 bridgehead atoms. The quantitative estimate of drug-likeness (QED) is 0.623. The van der Waals surface area contributed by atoms with Crippen molar-refractivity contribution < 1.29 is 19.0 Å². The van der Waals surface area contributed by atoms with Crippen molar-refractivity contribution in [2.45, 2.75) is 58.1 Å². The number of rotatable bonds is 7. The second-order valence-electron chi connectivity index (χ2n) is 10.4. The topological polar surface area (TPSA) is 65.9 Å². The lowest BCUT2D eigenvalue weighted by Crippen LogP contribution is -2.50. The van der Waals surface area contributed by atoms with E-state index in [9.17, 15) is 14.3 Å². The fourth-order valence-corrected chi connectivity index (χ4v) is 5.31. The number of carbonyl (C=O) groups is 1. The van der Waals surface area contributed by atoms with Crippen molar-refractivity contribution in [2.24, 2.45) is 11.8 Å². The molecular weight excluding hydrogens is 445 g/mol. The molecule has 4 rings (SSSR count). The maximum Gasteiger partial charge on any atom is 0.259 e. The van der Waals surface area contributed by atoms with Gasteiger partial charge in [0.25, 0.3) is 5.91 Å². The van der Waals surface area contributed by atoms with Crippen LogP contribution in [0.3, 0.4) is 0 Å². The number of aliphatic hydroxyl groups excluding tert-OH is 1. The third kappa shape index (κ3) is 6.19. The molecule has 1 fully saturated rings. The van der Waals surface area contributed by atoms with Crippen molar-refractivity contribution in [1.29, 1.82) is 0 Å². The fourth-order valence-electron chi connectivity index (χ4n) is 5.31. The van der Waals surface area contributed by atoms with Crippen molar-refractivity contribution in [3.8, 4) is 17.0 Å². The highest BCUT2D eigenvalue weighted by molar-refractivity contribution is 5.98. The maximum atomic E-state index is 13.6. The number of nitrogens with zero attached hydrogens (tertiary/aromatic N) is 3. The Bertz CT molecular complexity index is 993. The van der Waals surface area contributed by atoms with Crippen LogP contribution in [0.4, 0.5) is 4.39 Å². The molecule has 35 heavy (non-hydrogen) atoms. The minimum atomic E-state index is -0.328. The van der Waals surface area contributed by atoms with Gasteiger partial charge in [-0.25, -0.2) is 9.37 Å². The molecule has 7 heteroatoms. The molecule has 1 aromatic carbocycles. The number of carbonyl (C=O) groups excluding carboxylic acids is 1. The molecule has 1 aliphatic carbocycles. The Kier molecular flexibility index (Phi) is 8.39. The van der Waals surface area contributed by atoms with E-state index >= 15 is 0 Å². The summed E-state index contributed by atoms with van der Waals surface area (Å²) in [5.41, 5.74) is 1.87. The summed E-state index contributed by atoms with van der Waals surface area (Å²) in [6.45, 7) is 6.12. The van der Waals surface area contributed by atoms with Gasteiger partial charge in [0.2, 0.25) is 5.88 Å². The van der Waals surface area contributed by atoms with Crippen LogP contribution in [-0.4, -0.2) is 71.2 Å². The normalized spacial score (nSPS) is 22.3. The molecule has 3 atom stereocenters. The molecule has 2 aliphatic rings. The van der Waals surface area contributed by atoms with E-state index in [-0.39, 0.29) is 36.4 Å². The molecule has 1 saturated carbocycles. The predicted molar refractivity (Wildman–Crippen MR) is 135 cm³/mol. The second-order valence-corrected chi connectivity index (χ2v) is 10.4. The van der Waals surface area contributed by atoms with Gasteiger partial charge in [0.05, 0.1) is 12.6 Å². The van der Waals surface area contributed by atoms with Gasteiger partial charge in [-0.2, -0.15) is 0 Å². The first-order chi connectivity index (χ1) is 16.9. The summed E-state index contributed by atoms with van der Waals surface area (Å²) < 4.78 is 19.9. The smallest absolute Gasteiger partial charge is 0.259 e. The first-order valence-corrected chi connectivity index (χ1v) is 12.9. The van der Waals surface area contributed by atoms with Crippen molar-refractivity contribution >= 4 is 5.91 Å². The van der Waals surface area contributed by atoms with Gasteiger partial charge < -0.3 is 19.6 Å². The first kappa shape index (κ1) is 25.6. The summed E-state index contributed by atoms with van der Waals surface area (Å²) in [4.78, 5) is 22.2. The molecule has 0 unspecified atom stereocenters. The molecule has 1 aliphatic heterocycles. The van der Waals surface area contributed by atoms with E-state index in [2.05, 4.69) is 23.9 Å². The zero-order valence-electron chi connectivity index (χ0n) is 21.1. The zero-order chi connectivity index (χ0) is 24.9. The molecule has 1 N–H and O–H groups in total. The number of pyridine rings is 1. The van der Waals surface area contributed by atoms with Crippen LogP contribution in [-0.2, 0) is 0 Å². The number of benzene rings is 1. The standard InChI is InChI=1S/C28H38FN3O3/c1-19-15-32(20(2)18-33)28(34)25-13-23(22-9-11-24(29)12-10-22)14-30-27(25)35-26(19)17-31(3)16-21-7-5-4-6-8-21/h9-14,19-21,26,33H,4-8,15-18H2,1-3H3/t19-,20+,26-/m1/s1. The molecular formula is C28H38FN3O3. The number of aliphatic hydroxyl groups is 1. The Balaban J connectivity index is 1.62. The van der Waals surface area contributed by atoms with Gasteiger partial charge in [-0.15, -0.1) is 0 Å². The first-order valence-electron chi connectivity index (χ1n) is 12.9. The van der Waals surface area contributed by atoms with E-state index in [1.807, 2.05) is 6.92 Å². The van der Waals surface area contributed by atoms with Crippen molar-refractivity contribution in [2.75, 3.05) is 33.3 Å². The zero-order valence-corrected chi connectivity index (χ0v) is 21.1. The van der Waals surface area contributed by atoms with Gasteiger partial charge in [0, 0.05) is 37.3 Å². The Hall–Kier alpha value is -2.51. The van der Waals surface area contributed by atoms with Gasteiger partial charge in [0.15, 0.2) is 0 Å². The van der Waals surface area contributed by atoms with E-state index < -0.39 is 0 Å². The lowest BCUT2D eigenvalue weighted by molar-refractivity contribution is 0.0314. The number of aromatic nitrogens is 1. The molecule has 1 aromatic heterocycles. The third-order valence-corrected chi connectivity index (χ3v) is 7.48. The summed E-state index contributed by atoms with van der Waals surface area (Å²) in [6.07, 6.45) is 8.09. The number of fused-ring (bicyclic) bond motifs is 1. The molecule has 190 valence electrons. The summed E-state index contributed by atoms with van der Waals surface area (Å²) in [5.74, 6) is 0.587. The highest BCUT2D eigenvalue weighted by Gasteiger charge is 2.34. The summed E-state index contributed by atoms with van der Waals surface area (Å²) >= 11 is 0. The Morgan fingerprint density at radius 3 is 2.57 bits per heavy atom. The van der Waals surface area contributed by atoms with Crippen LogP contribution in [0.2, 0.25) is 0 Å². The minimum Gasteiger partial charge on any atom is -0.472 e. The lowest BCUT2D eigenvalue weighted by atomic mass is 9.89. The summed E-state index contributed by atoms with van der Waals surface area (Å²) in [6, 6.07) is 7.58. The van der Waals surface area contributed by atoms with Gasteiger partial charge in [-0.05, 0) is 56.5 Å². The average Bonchev–Trinajstić information content (AvgIpc) is 2.86. The van der Waals surface area contributed by atoms with Crippen LogP contribution in [0, 0.1) is 17.7 Å². The molecule has 0 saturated heterocycles. The van der Waals surface area contributed by atoms with E-state index in [1.165, 1.54) is 44.2 Å². The van der Waals surface area contributed by atoms with Crippen LogP contribution in [0.25, 0.3) is 11.1 Å². The maximum absolute atomic E-state index is 13.6. The average molecular weight is 484 g/mol. The largest absolute Gasteiger partial charge is 0.472 e. The van der Waals surface area contributed by atoms with Gasteiger partial charge in [0.1, 0.15) is 17.5 Å². The third-order valence-electron chi connectivity index (χ3n) is 7.48. The fraction of sp³-hybridized carbons (Fsp3) is 0.571. The summed E-state index contributed by atoms with van der Waals surface area (Å²) in [5, 5.41) is 9.87. The highest BCUT2D eigenvalue weighted by atomic mass is 19.1. The minimum absolute atomic E-state index is 0.0634. The molecule has 0 spiro atoms. The second kappa shape index (κ2) is 11.5. The van der Waals surface area contributed by atoms with Crippen LogP contribution < -0.4 is 4.74 Å². The van der Waals surface area contributed by atoms with Crippen LogP contribution in [0.1, 0.15) is 56.3 Å². The molecule has 1 amide bonds. The number of hydrogen-bond acceptors (Lipinski definition) is 5. The number of amides is 1. The Labute approximate surface area is 208 Å². The van der Waals surface area contributed by atoms with Gasteiger partial charge >= 0.3 is 0 Å². The molecule has 0 radical (unpaired) electrons. The Morgan fingerprint density at radius 1 is 1.17 bits per heavy atom. The van der Waals surface area contributed by atoms with Gasteiger partial charge in [-0.1, -0.05) is 38.3 Å². The Morgan fingerprint density at radius 2 is 1.89 bits per heavy atom. The predicted octanol–water partition coefficient (Wildman–Crippen LogP) is 4.62. The van der Waals surface area contributed by atoms with Crippen LogP contribution in [0.5, 0.6) is 5.88 Å². The number of likely N-dealkylation sites (N-methyl/N-ethyl adjacent to an activating group) is 1. The van der Waals surface area contributed by atoms with Crippen LogP contribution in [0.15, 0.2) is 36.5 Å². The molecule has 2 aromatic rings. The van der Waals surface area contributed by atoms with Crippen molar-refractivity contribution in [3.05, 3.63) is 47.9 Å². The number of ether oxygens (including phenoxy) is 1.